The van der Waals surface area contributed by atoms with Crippen LogP contribution in [0, 0.1) is 17.3 Å². The predicted octanol–water partition coefficient (Wildman–Crippen LogP) is 2.63. The Bertz CT molecular complexity index is 305. The van der Waals surface area contributed by atoms with Crippen LogP contribution in [0.25, 0.3) is 0 Å². The van der Waals surface area contributed by atoms with Crippen LogP contribution < -0.4 is 0 Å². The van der Waals surface area contributed by atoms with Crippen molar-refractivity contribution in [2.45, 2.75) is 54.0 Å². The number of carbonyl (C=O) groups excluding carboxylic acids is 1. The van der Waals surface area contributed by atoms with Crippen LogP contribution >= 0.6 is 0 Å². The summed E-state index contributed by atoms with van der Waals surface area (Å²) in [5.41, 5.74) is -0.575. The van der Waals surface area contributed by atoms with Gasteiger partial charge in [0.05, 0.1) is 0 Å². The molecule has 0 bridgehead atoms. The molecule has 0 aromatic rings. The van der Waals surface area contributed by atoms with Crippen LogP contribution in [-0.2, 0) is 9.59 Å². The fraction of sp³-hybridized carbons (Fsp3) is 0.857. The largest absolute Gasteiger partial charge is 0.481 e. The number of carbonyl (C=O) groups is 2. The maximum absolute atomic E-state index is 12.3. The Morgan fingerprint density at radius 3 is 1.89 bits per heavy atom. The molecule has 0 aromatic carbocycles. The lowest BCUT2D eigenvalue weighted by Crippen LogP contribution is -2.47. The van der Waals surface area contributed by atoms with E-state index in [1.54, 1.807) is 32.7 Å². The fourth-order valence-electron chi connectivity index (χ4n) is 2.11. The molecule has 2 atom stereocenters. The molecule has 0 aliphatic rings. The first-order chi connectivity index (χ1) is 7.98. The van der Waals surface area contributed by atoms with Gasteiger partial charge in [0, 0.05) is 13.1 Å². The second-order valence-corrected chi connectivity index (χ2v) is 6.56. The number of nitrogens with zero attached hydrogens (tertiary/aromatic N) is 1. The Morgan fingerprint density at radius 2 is 1.61 bits per heavy atom. The van der Waals surface area contributed by atoms with Gasteiger partial charge in [0.1, 0.15) is 5.92 Å². The molecule has 2 unspecified atom stereocenters. The van der Waals surface area contributed by atoms with Crippen LogP contribution in [0.2, 0.25) is 0 Å². The summed E-state index contributed by atoms with van der Waals surface area (Å²) in [6.45, 7) is 11.5. The van der Waals surface area contributed by atoms with Crippen LogP contribution in [0.5, 0.6) is 0 Å². The average molecular weight is 257 g/mol. The minimum atomic E-state index is -1.05. The first kappa shape index (κ1) is 16.9. The maximum atomic E-state index is 12.3. The molecule has 0 saturated heterocycles. The molecule has 0 saturated carbocycles. The molecular formula is C14H27NO3. The molecule has 0 aromatic heterocycles. The van der Waals surface area contributed by atoms with E-state index in [-0.39, 0.29) is 11.9 Å². The van der Waals surface area contributed by atoms with Gasteiger partial charge in [0.15, 0.2) is 0 Å². The fourth-order valence-corrected chi connectivity index (χ4v) is 2.11. The molecule has 4 heteroatoms. The van der Waals surface area contributed by atoms with Crippen LogP contribution in [0.1, 0.15) is 48.0 Å². The molecular weight excluding hydrogens is 230 g/mol. The lowest BCUT2D eigenvalue weighted by molar-refractivity contribution is -0.156. The van der Waals surface area contributed by atoms with Crippen molar-refractivity contribution in [2.75, 3.05) is 7.05 Å². The quantitative estimate of drug-likeness (QED) is 0.770. The van der Waals surface area contributed by atoms with Crippen molar-refractivity contribution in [1.29, 1.82) is 0 Å². The van der Waals surface area contributed by atoms with E-state index in [9.17, 15) is 14.7 Å². The molecule has 106 valence electrons. The summed E-state index contributed by atoms with van der Waals surface area (Å²) >= 11 is 0. The molecule has 0 aliphatic heterocycles. The first-order valence-electron chi connectivity index (χ1n) is 6.48. The topological polar surface area (TPSA) is 57.6 Å². The Kier molecular flexibility index (Phi) is 5.84. The minimum absolute atomic E-state index is 0.0571. The van der Waals surface area contributed by atoms with Crippen LogP contribution in [0.3, 0.4) is 0 Å². The summed E-state index contributed by atoms with van der Waals surface area (Å²) in [5, 5.41) is 9.24. The normalized spacial score (nSPS) is 15.3. The molecule has 4 nitrogen and oxygen atoms in total. The number of carboxylic acid groups (broad SMARTS) is 1. The maximum Gasteiger partial charge on any atom is 0.316 e. The molecule has 18 heavy (non-hydrogen) atoms. The summed E-state index contributed by atoms with van der Waals surface area (Å²) in [6, 6.07) is 0.0571. The van der Waals surface area contributed by atoms with Gasteiger partial charge in [-0.3, -0.25) is 9.59 Å². The van der Waals surface area contributed by atoms with E-state index in [2.05, 4.69) is 13.8 Å². The highest BCUT2D eigenvalue weighted by atomic mass is 16.4. The molecule has 1 N–H and O–H groups in total. The second-order valence-electron chi connectivity index (χ2n) is 6.56. The average Bonchev–Trinajstić information content (AvgIpc) is 2.12. The second kappa shape index (κ2) is 6.21. The lowest BCUT2D eigenvalue weighted by Gasteiger charge is -2.33. The van der Waals surface area contributed by atoms with Crippen molar-refractivity contribution in [3.05, 3.63) is 0 Å². The van der Waals surface area contributed by atoms with Crippen molar-refractivity contribution in [2.24, 2.45) is 17.3 Å². The van der Waals surface area contributed by atoms with Crippen LogP contribution in [0.15, 0.2) is 0 Å². The van der Waals surface area contributed by atoms with Crippen LogP contribution in [0.4, 0.5) is 0 Å². The predicted molar refractivity (Wildman–Crippen MR) is 72.3 cm³/mol. The molecule has 0 fully saturated rings. The number of rotatable bonds is 5. The van der Waals surface area contributed by atoms with Gasteiger partial charge >= 0.3 is 5.97 Å². The van der Waals surface area contributed by atoms with Crippen LogP contribution in [-0.4, -0.2) is 35.0 Å². The number of carboxylic acids is 1. The number of aliphatic carboxylic acids is 1. The van der Waals surface area contributed by atoms with E-state index in [4.69, 9.17) is 0 Å². The first-order valence-corrected chi connectivity index (χ1v) is 6.48. The highest BCUT2D eigenvalue weighted by molar-refractivity contribution is 5.97. The minimum Gasteiger partial charge on any atom is -0.481 e. The summed E-state index contributed by atoms with van der Waals surface area (Å²) in [4.78, 5) is 25.2. The van der Waals surface area contributed by atoms with Gasteiger partial charge in [-0.25, -0.2) is 0 Å². The van der Waals surface area contributed by atoms with E-state index in [1.807, 2.05) is 6.92 Å². The summed E-state index contributed by atoms with van der Waals surface area (Å²) in [7, 11) is 1.69. The molecule has 1 amide bonds. The van der Waals surface area contributed by atoms with Gasteiger partial charge in [0.25, 0.3) is 0 Å². The Hall–Kier alpha value is -1.06. The van der Waals surface area contributed by atoms with Gasteiger partial charge in [-0.05, 0) is 24.7 Å². The van der Waals surface area contributed by atoms with Crippen molar-refractivity contribution in [1.82, 2.24) is 4.90 Å². The molecule has 0 heterocycles. The van der Waals surface area contributed by atoms with Gasteiger partial charge in [0.2, 0.25) is 5.91 Å². The SMILES string of the molecule is CC(C)CC(C)N(C)C(=O)C(C(=O)O)C(C)(C)C. The standard InChI is InChI=1S/C14H27NO3/c1-9(2)8-10(3)15(7)12(16)11(13(17)18)14(4,5)6/h9-11H,8H2,1-7H3,(H,17,18). The Balaban J connectivity index is 4.94. The third kappa shape index (κ3) is 4.67. The van der Waals surface area contributed by atoms with Gasteiger partial charge < -0.3 is 10.0 Å². The van der Waals surface area contributed by atoms with Gasteiger partial charge in [-0.1, -0.05) is 34.6 Å². The number of hydrogen-bond donors (Lipinski definition) is 1. The van der Waals surface area contributed by atoms with E-state index < -0.39 is 17.3 Å². The lowest BCUT2D eigenvalue weighted by atomic mass is 9.79. The van der Waals surface area contributed by atoms with Crippen molar-refractivity contribution >= 4 is 11.9 Å². The van der Waals surface area contributed by atoms with E-state index in [0.717, 1.165) is 6.42 Å². The Morgan fingerprint density at radius 1 is 1.17 bits per heavy atom. The van der Waals surface area contributed by atoms with Crippen molar-refractivity contribution in [3.63, 3.8) is 0 Å². The molecule has 0 aliphatic carbocycles. The van der Waals surface area contributed by atoms with Gasteiger partial charge in [-0.15, -0.1) is 0 Å². The van der Waals surface area contributed by atoms with E-state index >= 15 is 0 Å². The third-order valence-electron chi connectivity index (χ3n) is 3.18. The highest BCUT2D eigenvalue weighted by Gasteiger charge is 2.40. The van der Waals surface area contributed by atoms with E-state index in [1.165, 1.54) is 0 Å². The summed E-state index contributed by atoms with van der Waals surface area (Å²) in [6.07, 6.45) is 0.874. The van der Waals surface area contributed by atoms with Gasteiger partial charge in [-0.2, -0.15) is 0 Å². The Labute approximate surface area is 110 Å². The molecule has 0 radical (unpaired) electrons. The highest BCUT2D eigenvalue weighted by Crippen LogP contribution is 2.28. The number of hydrogen-bond acceptors (Lipinski definition) is 2. The summed E-state index contributed by atoms with van der Waals surface area (Å²) < 4.78 is 0. The molecule has 0 rings (SSSR count). The zero-order valence-electron chi connectivity index (χ0n) is 12.7. The summed E-state index contributed by atoms with van der Waals surface area (Å²) in [5.74, 6) is -1.86. The van der Waals surface area contributed by atoms with E-state index in [0.29, 0.717) is 5.92 Å². The third-order valence-corrected chi connectivity index (χ3v) is 3.18. The smallest absolute Gasteiger partial charge is 0.316 e. The zero-order chi connectivity index (χ0) is 14.7. The monoisotopic (exact) mass is 257 g/mol. The zero-order valence-corrected chi connectivity index (χ0v) is 12.7. The molecule has 0 spiro atoms. The number of amides is 1. The van der Waals surface area contributed by atoms with Crippen molar-refractivity contribution < 1.29 is 14.7 Å². The van der Waals surface area contributed by atoms with Crippen molar-refractivity contribution in [3.8, 4) is 0 Å².